The van der Waals surface area contributed by atoms with Crippen LogP contribution in [-0.4, -0.2) is 18.2 Å². The van der Waals surface area contributed by atoms with Gasteiger partial charge in [0.2, 0.25) is 5.91 Å². The second kappa shape index (κ2) is 7.79. The summed E-state index contributed by atoms with van der Waals surface area (Å²) < 4.78 is 26.6. The molecular weight excluding hydrogens is 314 g/mol. The van der Waals surface area contributed by atoms with Gasteiger partial charge in [0.05, 0.1) is 6.54 Å². The van der Waals surface area contributed by atoms with Gasteiger partial charge in [-0.15, -0.1) is 0 Å². The number of rotatable bonds is 6. The number of carbonyl (C=O) groups is 2. The van der Waals surface area contributed by atoms with Crippen LogP contribution in [0.2, 0.25) is 0 Å². The van der Waals surface area contributed by atoms with Crippen LogP contribution >= 0.6 is 0 Å². The van der Waals surface area contributed by atoms with E-state index in [-0.39, 0.29) is 23.8 Å². The third-order valence-corrected chi connectivity index (χ3v) is 3.55. The molecule has 0 aliphatic heterocycles. The predicted octanol–water partition coefficient (Wildman–Crippen LogP) is 3.46. The lowest BCUT2D eigenvalue weighted by molar-refractivity contribution is -0.115. The zero-order valence-electron chi connectivity index (χ0n) is 13.4. The number of halogens is 2. The van der Waals surface area contributed by atoms with E-state index in [1.54, 1.807) is 31.2 Å². The Morgan fingerprint density at radius 2 is 1.88 bits per heavy atom. The normalized spacial score (nSPS) is 11.8. The predicted molar refractivity (Wildman–Crippen MR) is 87.9 cm³/mol. The fraction of sp³-hybridized carbons (Fsp3) is 0.222. The summed E-state index contributed by atoms with van der Waals surface area (Å²) in [5.74, 6) is -1.73. The number of carbonyl (C=O) groups excluding carboxylic acids is 2. The lowest BCUT2D eigenvalue weighted by Crippen LogP contribution is -2.30. The molecule has 1 amide bonds. The first-order chi connectivity index (χ1) is 11.4. The monoisotopic (exact) mass is 332 g/mol. The van der Waals surface area contributed by atoms with Crippen LogP contribution in [0.1, 0.15) is 35.8 Å². The fourth-order valence-corrected chi connectivity index (χ4v) is 2.23. The highest BCUT2D eigenvalue weighted by molar-refractivity contribution is 5.97. The molecule has 0 fully saturated rings. The summed E-state index contributed by atoms with van der Waals surface area (Å²) in [6.07, 6.45) is 0. The van der Waals surface area contributed by atoms with Gasteiger partial charge in [0.1, 0.15) is 11.6 Å². The third kappa shape index (κ3) is 4.70. The molecule has 0 aromatic heterocycles. The molecule has 2 N–H and O–H groups in total. The van der Waals surface area contributed by atoms with Gasteiger partial charge < -0.3 is 10.6 Å². The van der Waals surface area contributed by atoms with Gasteiger partial charge >= 0.3 is 0 Å². The molecule has 0 bridgehead atoms. The van der Waals surface area contributed by atoms with Crippen LogP contribution in [0, 0.1) is 11.6 Å². The molecule has 2 aromatic rings. The third-order valence-electron chi connectivity index (χ3n) is 3.55. The molecule has 0 heterocycles. The van der Waals surface area contributed by atoms with Crippen molar-refractivity contribution in [2.75, 3.05) is 11.9 Å². The average molecular weight is 332 g/mol. The van der Waals surface area contributed by atoms with Crippen LogP contribution in [0.5, 0.6) is 0 Å². The molecule has 0 unspecified atom stereocenters. The second-order valence-corrected chi connectivity index (χ2v) is 5.45. The van der Waals surface area contributed by atoms with Gasteiger partial charge in [0.15, 0.2) is 5.78 Å². The smallest absolute Gasteiger partial charge is 0.238 e. The molecule has 4 nitrogen and oxygen atoms in total. The highest BCUT2D eigenvalue weighted by Crippen LogP contribution is 2.17. The minimum atomic E-state index is -0.662. The van der Waals surface area contributed by atoms with E-state index in [0.29, 0.717) is 11.3 Å². The molecule has 2 aromatic carbocycles. The summed E-state index contributed by atoms with van der Waals surface area (Å²) in [5.41, 5.74) is 1.29. The van der Waals surface area contributed by atoms with E-state index in [9.17, 15) is 18.4 Å². The van der Waals surface area contributed by atoms with Crippen LogP contribution in [0.4, 0.5) is 14.5 Å². The van der Waals surface area contributed by atoms with Gasteiger partial charge in [-0.25, -0.2) is 8.78 Å². The van der Waals surface area contributed by atoms with Crippen molar-refractivity contribution < 1.29 is 18.4 Å². The van der Waals surface area contributed by atoms with Gasteiger partial charge in [0.25, 0.3) is 0 Å². The lowest BCUT2D eigenvalue weighted by Gasteiger charge is -2.15. The number of hydrogen-bond donors (Lipinski definition) is 2. The molecular formula is C18H18F2N2O2. The molecule has 126 valence electrons. The molecule has 0 aliphatic carbocycles. The maximum Gasteiger partial charge on any atom is 0.238 e. The summed E-state index contributed by atoms with van der Waals surface area (Å²) in [4.78, 5) is 23.3. The Morgan fingerprint density at radius 1 is 1.12 bits per heavy atom. The van der Waals surface area contributed by atoms with E-state index in [2.05, 4.69) is 10.6 Å². The van der Waals surface area contributed by atoms with Crippen molar-refractivity contribution in [3.63, 3.8) is 0 Å². The van der Waals surface area contributed by atoms with E-state index in [0.717, 1.165) is 6.07 Å². The molecule has 0 saturated carbocycles. The summed E-state index contributed by atoms with van der Waals surface area (Å²) in [6.45, 7) is 3.07. The Balaban J connectivity index is 1.93. The van der Waals surface area contributed by atoms with Crippen molar-refractivity contribution >= 4 is 17.4 Å². The average Bonchev–Trinajstić information content (AvgIpc) is 2.53. The van der Waals surface area contributed by atoms with E-state index < -0.39 is 17.7 Å². The zero-order chi connectivity index (χ0) is 17.7. The summed E-state index contributed by atoms with van der Waals surface area (Å²) in [6, 6.07) is 9.46. The van der Waals surface area contributed by atoms with E-state index in [1.165, 1.54) is 19.1 Å². The van der Waals surface area contributed by atoms with Crippen LogP contribution in [0.15, 0.2) is 42.5 Å². The Kier molecular flexibility index (Phi) is 5.76. The van der Waals surface area contributed by atoms with Crippen LogP contribution in [0.25, 0.3) is 0 Å². The SMILES string of the molecule is CC(=O)c1cccc(NC(=O)CN[C@@H](C)c2ccc(F)cc2F)c1. The van der Waals surface area contributed by atoms with Crippen LogP contribution < -0.4 is 10.6 Å². The molecule has 0 radical (unpaired) electrons. The summed E-state index contributed by atoms with van der Waals surface area (Å²) in [7, 11) is 0. The Morgan fingerprint density at radius 3 is 2.54 bits per heavy atom. The molecule has 1 atom stereocenters. The van der Waals surface area contributed by atoms with Crippen molar-refractivity contribution in [1.29, 1.82) is 0 Å². The minimum Gasteiger partial charge on any atom is -0.325 e. The van der Waals surface area contributed by atoms with Crippen LogP contribution in [0.3, 0.4) is 0 Å². The zero-order valence-corrected chi connectivity index (χ0v) is 13.4. The first-order valence-electron chi connectivity index (χ1n) is 7.46. The fourth-order valence-electron chi connectivity index (χ4n) is 2.23. The first kappa shape index (κ1) is 17.7. The Bertz CT molecular complexity index is 762. The van der Waals surface area contributed by atoms with Crippen molar-refractivity contribution in [3.8, 4) is 0 Å². The number of ketones is 1. The Hall–Kier alpha value is -2.60. The molecule has 0 spiro atoms. The second-order valence-electron chi connectivity index (χ2n) is 5.45. The van der Waals surface area contributed by atoms with Gasteiger partial charge in [-0.05, 0) is 32.0 Å². The number of nitrogens with one attached hydrogen (secondary N) is 2. The Labute approximate surface area is 138 Å². The molecule has 2 rings (SSSR count). The number of amides is 1. The summed E-state index contributed by atoms with van der Waals surface area (Å²) >= 11 is 0. The van der Waals surface area contributed by atoms with Crippen LogP contribution in [-0.2, 0) is 4.79 Å². The van der Waals surface area contributed by atoms with E-state index >= 15 is 0 Å². The number of Topliss-reactive ketones (excluding diaryl/α,β-unsaturated/α-hetero) is 1. The minimum absolute atomic E-state index is 0.0533. The van der Waals surface area contributed by atoms with Crippen molar-refractivity contribution in [2.45, 2.75) is 19.9 Å². The van der Waals surface area contributed by atoms with Crippen molar-refractivity contribution in [3.05, 3.63) is 65.2 Å². The first-order valence-corrected chi connectivity index (χ1v) is 7.46. The maximum absolute atomic E-state index is 13.7. The van der Waals surface area contributed by atoms with E-state index in [1.807, 2.05) is 0 Å². The number of anilines is 1. The van der Waals surface area contributed by atoms with Gasteiger partial charge in [0, 0.05) is 28.9 Å². The summed E-state index contributed by atoms with van der Waals surface area (Å²) in [5, 5.41) is 5.54. The lowest BCUT2D eigenvalue weighted by atomic mass is 10.1. The van der Waals surface area contributed by atoms with Gasteiger partial charge in [-0.1, -0.05) is 18.2 Å². The van der Waals surface area contributed by atoms with Crippen molar-refractivity contribution in [1.82, 2.24) is 5.32 Å². The quantitative estimate of drug-likeness (QED) is 0.797. The van der Waals surface area contributed by atoms with Gasteiger partial charge in [-0.3, -0.25) is 9.59 Å². The highest BCUT2D eigenvalue weighted by Gasteiger charge is 2.13. The largest absolute Gasteiger partial charge is 0.325 e. The number of benzene rings is 2. The standard InChI is InChI=1S/C18H18F2N2O2/c1-11(16-7-6-14(19)9-17(16)20)21-10-18(24)22-15-5-3-4-13(8-15)12(2)23/h3-9,11,21H,10H2,1-2H3,(H,22,24)/t11-/m0/s1. The molecule has 0 aliphatic rings. The maximum atomic E-state index is 13.7. The highest BCUT2D eigenvalue weighted by atomic mass is 19.1. The topological polar surface area (TPSA) is 58.2 Å². The van der Waals surface area contributed by atoms with Gasteiger partial charge in [-0.2, -0.15) is 0 Å². The molecule has 6 heteroatoms. The number of hydrogen-bond acceptors (Lipinski definition) is 3. The molecule has 24 heavy (non-hydrogen) atoms. The van der Waals surface area contributed by atoms with Crippen molar-refractivity contribution in [2.24, 2.45) is 0 Å². The molecule has 0 saturated heterocycles. The van der Waals surface area contributed by atoms with E-state index in [4.69, 9.17) is 0 Å².